The third-order valence-corrected chi connectivity index (χ3v) is 7.06. The Bertz CT molecular complexity index is 767. The number of sulfonamides is 1. The van der Waals surface area contributed by atoms with E-state index < -0.39 is 22.2 Å². The van der Waals surface area contributed by atoms with E-state index in [4.69, 9.17) is 9.47 Å². The van der Waals surface area contributed by atoms with Gasteiger partial charge in [-0.2, -0.15) is 0 Å². The van der Waals surface area contributed by atoms with Crippen molar-refractivity contribution in [3.63, 3.8) is 0 Å². The highest BCUT2D eigenvalue weighted by molar-refractivity contribution is 7.88. The number of amides is 1. The van der Waals surface area contributed by atoms with Gasteiger partial charge in [0.1, 0.15) is 0 Å². The summed E-state index contributed by atoms with van der Waals surface area (Å²) < 4.78 is 38.9. The fourth-order valence-electron chi connectivity index (χ4n) is 4.01. The summed E-state index contributed by atoms with van der Waals surface area (Å²) in [5.41, 5.74) is 0.709. The Hall–Kier alpha value is -1.52. The molecule has 2 fully saturated rings. The summed E-state index contributed by atoms with van der Waals surface area (Å²) in [4.78, 5) is 12.2. The van der Waals surface area contributed by atoms with Gasteiger partial charge in [0.2, 0.25) is 15.9 Å². The number of carbonyl (C=O) groups is 1. The first-order chi connectivity index (χ1) is 14.5. The summed E-state index contributed by atoms with van der Waals surface area (Å²) >= 11 is 0. The summed E-state index contributed by atoms with van der Waals surface area (Å²) in [5, 5.41) is 12.7. The first-order valence-electron chi connectivity index (χ1n) is 10.6. The Balaban J connectivity index is 1.43. The topological polar surface area (TPSA) is 114 Å². The number of aliphatic hydroxyl groups is 1. The van der Waals surface area contributed by atoms with Crippen LogP contribution in [0.3, 0.4) is 0 Å². The third kappa shape index (κ3) is 7.02. The molecule has 3 rings (SSSR count). The molecule has 9 heteroatoms. The van der Waals surface area contributed by atoms with Gasteiger partial charge < -0.3 is 19.9 Å². The van der Waals surface area contributed by atoms with Crippen molar-refractivity contribution < 1.29 is 27.8 Å². The molecule has 1 aromatic carbocycles. The zero-order valence-electron chi connectivity index (χ0n) is 17.2. The molecule has 0 aromatic heterocycles. The van der Waals surface area contributed by atoms with E-state index >= 15 is 0 Å². The van der Waals surface area contributed by atoms with Crippen LogP contribution in [-0.4, -0.2) is 64.0 Å². The van der Waals surface area contributed by atoms with Gasteiger partial charge in [-0.05, 0) is 37.7 Å². The standard InChI is InChI=1S/C21H32N2O6S/c24-14-20-19(23-30(26,27)15-16-4-2-1-3-5-16)7-6-18(29-20)8-11-22-21(25)17-9-12-28-13-10-17/h1-5,17-20,23-24H,6-15H2,(H,22,25)/t18-,19+,20+/m0/s1. The van der Waals surface area contributed by atoms with Crippen LogP contribution in [0, 0.1) is 5.92 Å². The second-order valence-electron chi connectivity index (χ2n) is 7.99. The lowest BCUT2D eigenvalue weighted by atomic mass is 9.97. The summed E-state index contributed by atoms with van der Waals surface area (Å²) in [6.07, 6.45) is 2.67. The van der Waals surface area contributed by atoms with Gasteiger partial charge in [-0.3, -0.25) is 4.79 Å². The highest BCUT2D eigenvalue weighted by Crippen LogP contribution is 2.23. The Kier molecular flexibility index (Phi) is 8.64. The first-order valence-corrected chi connectivity index (χ1v) is 12.3. The van der Waals surface area contributed by atoms with Gasteiger partial charge in [0.15, 0.2) is 0 Å². The maximum absolute atomic E-state index is 12.5. The molecule has 2 heterocycles. The highest BCUT2D eigenvalue weighted by Gasteiger charge is 2.33. The number of hydrogen-bond acceptors (Lipinski definition) is 6. The van der Waals surface area contributed by atoms with Crippen LogP contribution in [-0.2, 0) is 30.0 Å². The van der Waals surface area contributed by atoms with Gasteiger partial charge in [0.05, 0.1) is 30.6 Å². The van der Waals surface area contributed by atoms with Gasteiger partial charge >= 0.3 is 0 Å². The van der Waals surface area contributed by atoms with Crippen LogP contribution in [0.25, 0.3) is 0 Å². The molecule has 2 saturated heterocycles. The minimum absolute atomic E-state index is 0.0135. The smallest absolute Gasteiger partial charge is 0.223 e. The van der Waals surface area contributed by atoms with Crippen molar-refractivity contribution in [1.29, 1.82) is 0 Å². The average molecular weight is 441 g/mol. The van der Waals surface area contributed by atoms with Crippen LogP contribution < -0.4 is 10.0 Å². The second-order valence-corrected chi connectivity index (χ2v) is 9.75. The lowest BCUT2D eigenvalue weighted by molar-refractivity contribution is -0.128. The van der Waals surface area contributed by atoms with Crippen molar-refractivity contribution in [2.24, 2.45) is 5.92 Å². The van der Waals surface area contributed by atoms with Crippen molar-refractivity contribution in [2.75, 3.05) is 26.4 Å². The maximum atomic E-state index is 12.5. The summed E-state index contributed by atoms with van der Waals surface area (Å²) in [5.74, 6) is -0.0385. The van der Waals surface area contributed by atoms with Gasteiger partial charge in [-0.15, -0.1) is 0 Å². The molecule has 0 radical (unpaired) electrons. The predicted octanol–water partition coefficient (Wildman–Crippen LogP) is 0.947. The van der Waals surface area contributed by atoms with Crippen molar-refractivity contribution >= 4 is 15.9 Å². The van der Waals surface area contributed by atoms with Gasteiger partial charge in [-0.25, -0.2) is 13.1 Å². The lowest BCUT2D eigenvalue weighted by Crippen LogP contribution is -2.51. The minimum atomic E-state index is -3.54. The number of benzene rings is 1. The zero-order valence-corrected chi connectivity index (χ0v) is 18.0. The number of nitrogens with one attached hydrogen (secondary N) is 2. The van der Waals surface area contributed by atoms with Crippen LogP contribution in [0.1, 0.15) is 37.7 Å². The van der Waals surface area contributed by atoms with Crippen LogP contribution in [0.5, 0.6) is 0 Å². The number of rotatable bonds is 9. The number of aliphatic hydroxyl groups excluding tert-OH is 1. The van der Waals surface area contributed by atoms with Crippen molar-refractivity contribution in [2.45, 2.75) is 56.1 Å². The molecule has 0 saturated carbocycles. The third-order valence-electron chi connectivity index (χ3n) is 5.68. The van der Waals surface area contributed by atoms with E-state index in [0.717, 1.165) is 12.8 Å². The molecule has 1 amide bonds. The molecule has 0 spiro atoms. The molecule has 1 aromatic rings. The van der Waals surface area contributed by atoms with E-state index in [1.807, 2.05) is 6.07 Å². The van der Waals surface area contributed by atoms with E-state index in [1.54, 1.807) is 24.3 Å². The number of carbonyl (C=O) groups excluding carboxylic acids is 1. The highest BCUT2D eigenvalue weighted by atomic mass is 32.2. The molecule has 0 aliphatic carbocycles. The zero-order chi connectivity index (χ0) is 21.4. The predicted molar refractivity (Wildman–Crippen MR) is 112 cm³/mol. The normalized spacial score (nSPS) is 25.7. The molecule has 30 heavy (non-hydrogen) atoms. The van der Waals surface area contributed by atoms with E-state index in [-0.39, 0.29) is 30.3 Å². The largest absolute Gasteiger partial charge is 0.394 e. The molecule has 168 valence electrons. The number of hydrogen-bond donors (Lipinski definition) is 3. The van der Waals surface area contributed by atoms with Gasteiger partial charge in [0, 0.05) is 25.7 Å². The molecule has 8 nitrogen and oxygen atoms in total. The van der Waals surface area contributed by atoms with Crippen LogP contribution in [0.4, 0.5) is 0 Å². The molecule has 3 atom stereocenters. The molecular formula is C21H32N2O6S. The van der Waals surface area contributed by atoms with Crippen molar-refractivity contribution in [3.05, 3.63) is 35.9 Å². The molecule has 2 aliphatic heterocycles. The monoisotopic (exact) mass is 440 g/mol. The van der Waals surface area contributed by atoms with E-state index in [0.29, 0.717) is 44.6 Å². The Morgan fingerprint density at radius 3 is 2.53 bits per heavy atom. The van der Waals surface area contributed by atoms with Crippen molar-refractivity contribution in [3.8, 4) is 0 Å². The van der Waals surface area contributed by atoms with E-state index in [9.17, 15) is 18.3 Å². The Morgan fingerprint density at radius 1 is 1.10 bits per heavy atom. The fourth-order valence-corrected chi connectivity index (χ4v) is 5.45. The summed E-state index contributed by atoms with van der Waals surface area (Å²) in [6.45, 7) is 1.50. The average Bonchev–Trinajstić information content (AvgIpc) is 2.75. The minimum Gasteiger partial charge on any atom is -0.394 e. The van der Waals surface area contributed by atoms with E-state index in [1.165, 1.54) is 0 Å². The SMILES string of the molecule is O=C(NCC[C@@H]1CC[C@@H](NS(=O)(=O)Cc2ccccc2)[C@@H](CO)O1)C1CCOCC1. The number of ether oxygens (including phenoxy) is 2. The lowest BCUT2D eigenvalue weighted by Gasteiger charge is -2.36. The fraction of sp³-hybridized carbons (Fsp3) is 0.667. The maximum Gasteiger partial charge on any atom is 0.223 e. The van der Waals surface area contributed by atoms with Crippen LogP contribution >= 0.6 is 0 Å². The molecule has 0 bridgehead atoms. The quantitative estimate of drug-likeness (QED) is 0.527. The molecule has 0 unspecified atom stereocenters. The van der Waals surface area contributed by atoms with Crippen LogP contribution in [0.2, 0.25) is 0 Å². The Morgan fingerprint density at radius 2 is 1.83 bits per heavy atom. The second kappa shape index (κ2) is 11.2. The van der Waals surface area contributed by atoms with Crippen molar-refractivity contribution in [1.82, 2.24) is 10.0 Å². The summed E-state index contributed by atoms with van der Waals surface area (Å²) in [7, 11) is -3.54. The first kappa shape index (κ1) is 23.1. The van der Waals surface area contributed by atoms with Crippen LogP contribution in [0.15, 0.2) is 30.3 Å². The van der Waals surface area contributed by atoms with Gasteiger partial charge in [-0.1, -0.05) is 30.3 Å². The molecular weight excluding hydrogens is 408 g/mol. The molecule has 3 N–H and O–H groups in total. The molecule has 2 aliphatic rings. The summed E-state index contributed by atoms with van der Waals surface area (Å²) in [6, 6.07) is 8.52. The Labute approximate surface area is 178 Å². The van der Waals surface area contributed by atoms with Gasteiger partial charge in [0.25, 0.3) is 0 Å². The van der Waals surface area contributed by atoms with E-state index in [2.05, 4.69) is 10.0 Å².